The van der Waals surface area contributed by atoms with Crippen LogP contribution in [0, 0.1) is 0 Å². The van der Waals surface area contributed by atoms with Crippen LogP contribution in [0.2, 0.25) is 5.02 Å². The van der Waals surface area contributed by atoms with Gasteiger partial charge in [0, 0.05) is 11.1 Å². The lowest BCUT2D eigenvalue weighted by atomic mass is 10.2. The molecule has 27 heavy (non-hydrogen) atoms. The van der Waals surface area contributed by atoms with Gasteiger partial charge in [0.15, 0.2) is 11.4 Å². The third kappa shape index (κ3) is 2.40. The van der Waals surface area contributed by atoms with Crippen molar-refractivity contribution in [3.8, 4) is 11.6 Å². The van der Waals surface area contributed by atoms with Crippen LogP contribution >= 0.6 is 22.9 Å². The lowest BCUT2D eigenvalue weighted by Gasteiger charge is -1.96. The second-order valence-corrected chi connectivity index (χ2v) is 8.13. The summed E-state index contributed by atoms with van der Waals surface area (Å²) >= 11 is 7.69. The summed E-state index contributed by atoms with van der Waals surface area (Å²) in [5.41, 5.74) is 2.24. The molecule has 0 atom stereocenters. The van der Waals surface area contributed by atoms with E-state index in [1.807, 2.05) is 12.1 Å². The van der Waals surface area contributed by atoms with Gasteiger partial charge < -0.3 is 4.42 Å². The molecule has 7 nitrogen and oxygen atoms in total. The van der Waals surface area contributed by atoms with E-state index in [2.05, 4.69) is 15.2 Å². The van der Waals surface area contributed by atoms with Crippen LogP contribution in [0.15, 0.2) is 35.3 Å². The minimum atomic E-state index is 0.504. The molecule has 0 bridgehead atoms. The van der Waals surface area contributed by atoms with Crippen LogP contribution in [0.4, 0.5) is 0 Å². The number of halogens is 1. The SMILES string of the molecule is Clc1cnn(Cc2ccc(-c3nc4c5c6c(sc5ncn4n3)CCC6)o2)c1. The van der Waals surface area contributed by atoms with E-state index in [0.29, 0.717) is 23.2 Å². The first-order chi connectivity index (χ1) is 13.2. The highest BCUT2D eigenvalue weighted by Gasteiger charge is 2.22. The van der Waals surface area contributed by atoms with Crippen molar-refractivity contribution < 1.29 is 4.42 Å². The molecule has 0 unspecified atom stereocenters. The largest absolute Gasteiger partial charge is 0.456 e. The van der Waals surface area contributed by atoms with Crippen LogP contribution in [0.1, 0.15) is 22.6 Å². The predicted molar refractivity (Wildman–Crippen MR) is 102 cm³/mol. The summed E-state index contributed by atoms with van der Waals surface area (Å²) in [5.74, 6) is 1.96. The van der Waals surface area contributed by atoms with Crippen LogP contribution in [-0.4, -0.2) is 29.4 Å². The van der Waals surface area contributed by atoms with E-state index in [1.165, 1.54) is 16.9 Å². The number of furan rings is 1. The fraction of sp³-hybridized carbons (Fsp3) is 0.222. The molecule has 6 rings (SSSR count). The van der Waals surface area contributed by atoms with E-state index in [0.717, 1.165) is 34.5 Å². The second-order valence-electron chi connectivity index (χ2n) is 6.61. The van der Waals surface area contributed by atoms with Gasteiger partial charge in [-0.05, 0) is 37.0 Å². The first kappa shape index (κ1) is 15.4. The van der Waals surface area contributed by atoms with Crippen molar-refractivity contribution in [2.24, 2.45) is 0 Å². The van der Waals surface area contributed by atoms with Crippen molar-refractivity contribution in [1.82, 2.24) is 29.4 Å². The first-order valence-electron chi connectivity index (χ1n) is 8.67. The molecule has 0 spiro atoms. The van der Waals surface area contributed by atoms with Crippen molar-refractivity contribution in [2.75, 3.05) is 0 Å². The van der Waals surface area contributed by atoms with E-state index in [-0.39, 0.29) is 0 Å². The molecule has 0 amide bonds. The van der Waals surface area contributed by atoms with Gasteiger partial charge >= 0.3 is 0 Å². The summed E-state index contributed by atoms with van der Waals surface area (Å²) < 4.78 is 9.41. The minimum absolute atomic E-state index is 0.504. The Morgan fingerprint density at radius 1 is 1.26 bits per heavy atom. The summed E-state index contributed by atoms with van der Waals surface area (Å²) in [6.07, 6.45) is 8.53. The Morgan fingerprint density at radius 3 is 3.11 bits per heavy atom. The molecule has 1 aliphatic carbocycles. The van der Waals surface area contributed by atoms with Crippen molar-refractivity contribution >= 4 is 38.8 Å². The fourth-order valence-corrected chi connectivity index (χ4v) is 5.04. The molecule has 9 heteroatoms. The molecule has 0 fully saturated rings. The maximum atomic E-state index is 5.94. The van der Waals surface area contributed by atoms with Gasteiger partial charge in [-0.2, -0.15) is 5.10 Å². The number of nitrogens with zero attached hydrogens (tertiary/aromatic N) is 6. The summed E-state index contributed by atoms with van der Waals surface area (Å²) in [4.78, 5) is 11.8. The van der Waals surface area contributed by atoms with Gasteiger partial charge in [0.1, 0.15) is 16.9 Å². The van der Waals surface area contributed by atoms with Crippen molar-refractivity contribution in [1.29, 1.82) is 0 Å². The van der Waals surface area contributed by atoms with Gasteiger partial charge in [0.2, 0.25) is 5.82 Å². The van der Waals surface area contributed by atoms with Gasteiger partial charge in [0.25, 0.3) is 0 Å². The Kier molecular flexibility index (Phi) is 3.21. The van der Waals surface area contributed by atoms with Crippen molar-refractivity contribution in [3.63, 3.8) is 0 Å². The number of thiophene rings is 1. The molecular weight excluding hydrogens is 384 g/mol. The fourth-order valence-electron chi connectivity index (χ4n) is 3.66. The van der Waals surface area contributed by atoms with Crippen molar-refractivity contribution in [2.45, 2.75) is 25.8 Å². The second kappa shape index (κ2) is 5.64. The monoisotopic (exact) mass is 396 g/mol. The first-order valence-corrected chi connectivity index (χ1v) is 9.87. The third-order valence-electron chi connectivity index (χ3n) is 4.84. The zero-order valence-electron chi connectivity index (χ0n) is 14.1. The topological polar surface area (TPSA) is 74.0 Å². The van der Waals surface area contributed by atoms with Crippen molar-refractivity contribution in [3.05, 3.63) is 52.1 Å². The quantitative estimate of drug-likeness (QED) is 0.461. The number of aromatic nitrogens is 6. The van der Waals surface area contributed by atoms with Crippen LogP contribution < -0.4 is 0 Å². The highest BCUT2D eigenvalue weighted by molar-refractivity contribution is 7.19. The average molecular weight is 397 g/mol. The highest BCUT2D eigenvalue weighted by atomic mass is 35.5. The Hall–Kier alpha value is -2.71. The molecule has 5 aromatic rings. The van der Waals surface area contributed by atoms with Crippen LogP contribution in [0.5, 0.6) is 0 Å². The van der Waals surface area contributed by atoms with E-state index >= 15 is 0 Å². The summed E-state index contributed by atoms with van der Waals surface area (Å²) in [6.45, 7) is 0.504. The maximum absolute atomic E-state index is 5.94. The maximum Gasteiger partial charge on any atom is 0.217 e. The van der Waals surface area contributed by atoms with E-state index in [1.54, 1.807) is 39.3 Å². The lowest BCUT2D eigenvalue weighted by molar-refractivity contribution is 0.487. The summed E-state index contributed by atoms with van der Waals surface area (Å²) in [7, 11) is 0. The van der Waals surface area contributed by atoms with Gasteiger partial charge in [-0.25, -0.2) is 14.5 Å². The van der Waals surface area contributed by atoms with Crippen LogP contribution in [0.25, 0.3) is 27.4 Å². The highest BCUT2D eigenvalue weighted by Crippen LogP contribution is 2.38. The van der Waals surface area contributed by atoms with E-state index in [9.17, 15) is 0 Å². The number of hydrogen-bond acceptors (Lipinski definition) is 6. The molecule has 1 aliphatic rings. The van der Waals surface area contributed by atoms with Crippen LogP contribution in [0.3, 0.4) is 0 Å². The smallest absolute Gasteiger partial charge is 0.217 e. The lowest BCUT2D eigenvalue weighted by Crippen LogP contribution is -1.97. The zero-order chi connectivity index (χ0) is 18.0. The Morgan fingerprint density at radius 2 is 2.22 bits per heavy atom. The third-order valence-corrected chi connectivity index (χ3v) is 6.24. The average Bonchev–Trinajstić information content (AvgIpc) is 3.42. The number of aryl methyl sites for hydroxylation is 2. The zero-order valence-corrected chi connectivity index (χ0v) is 15.7. The minimum Gasteiger partial charge on any atom is -0.456 e. The molecule has 0 aromatic carbocycles. The molecule has 5 aromatic heterocycles. The Balaban J connectivity index is 1.42. The molecule has 0 N–H and O–H groups in total. The molecule has 0 saturated carbocycles. The molecular formula is C18H13ClN6OS. The molecule has 134 valence electrons. The molecule has 0 saturated heterocycles. The van der Waals surface area contributed by atoms with Gasteiger partial charge in [-0.3, -0.25) is 4.68 Å². The predicted octanol–water partition coefficient (Wildman–Crippen LogP) is 3.99. The molecule has 5 heterocycles. The number of fused-ring (bicyclic) bond motifs is 5. The van der Waals surface area contributed by atoms with Gasteiger partial charge in [-0.1, -0.05) is 11.6 Å². The molecule has 0 aliphatic heterocycles. The van der Waals surface area contributed by atoms with E-state index in [4.69, 9.17) is 21.0 Å². The standard InChI is InChI=1S/C18H13ClN6OS/c19-10-6-21-24(7-10)8-11-4-5-13(26-11)16-22-17-15-12-2-1-3-14(12)27-18(15)20-9-25(17)23-16/h4-7,9H,1-3,8H2. The Labute approximate surface area is 162 Å². The summed E-state index contributed by atoms with van der Waals surface area (Å²) in [6, 6.07) is 3.80. The normalized spacial score (nSPS) is 13.8. The van der Waals surface area contributed by atoms with Gasteiger partial charge in [-0.15, -0.1) is 16.4 Å². The number of hydrogen-bond donors (Lipinski definition) is 0. The van der Waals surface area contributed by atoms with Crippen LogP contribution in [-0.2, 0) is 19.4 Å². The number of rotatable bonds is 3. The Bertz CT molecular complexity index is 1310. The summed E-state index contributed by atoms with van der Waals surface area (Å²) in [5, 5.41) is 10.5. The van der Waals surface area contributed by atoms with Gasteiger partial charge in [0.05, 0.1) is 23.2 Å². The molecule has 0 radical (unpaired) electrons. The van der Waals surface area contributed by atoms with E-state index < -0.39 is 0 Å².